The van der Waals surface area contributed by atoms with Crippen molar-refractivity contribution in [3.63, 3.8) is 0 Å². The van der Waals surface area contributed by atoms with Gasteiger partial charge in [0.1, 0.15) is 54.4 Å². The molecule has 0 radical (unpaired) electrons. The fourth-order valence-corrected chi connectivity index (χ4v) is 10.7. The Morgan fingerprint density at radius 1 is 0.430 bits per heavy atom. The molecule has 0 aromatic rings. The number of allylic oxidation sites excluding steroid dienone is 2. The third kappa shape index (κ3) is 21.5. The summed E-state index contributed by atoms with van der Waals surface area (Å²) in [5, 5.41) is 11.0. The first-order chi connectivity index (χ1) is 39.6. The van der Waals surface area contributed by atoms with Crippen LogP contribution in [0.5, 0.6) is 0 Å². The summed E-state index contributed by atoms with van der Waals surface area (Å²) in [5.74, 6) is -11.6. The Labute approximate surface area is 514 Å². The largest absolute Gasteiger partial charge is 0.343 e. The van der Waals surface area contributed by atoms with Crippen molar-refractivity contribution in [2.75, 3.05) is 55.9 Å². The predicted octanol–water partition coefficient (Wildman–Crippen LogP) is 3.72. The Bertz CT molecular complexity index is 2410. The summed E-state index contributed by atoms with van der Waals surface area (Å²) in [6, 6.07) is -12.7. The molecular formula is C63H111N11O12. The van der Waals surface area contributed by atoms with Crippen molar-refractivity contribution < 1.29 is 57.5 Å². The van der Waals surface area contributed by atoms with Crippen molar-refractivity contribution in [1.82, 2.24) is 55.6 Å². The predicted molar refractivity (Wildman–Crippen MR) is 332 cm³/mol. The van der Waals surface area contributed by atoms with E-state index >= 15 is 9.59 Å². The van der Waals surface area contributed by atoms with E-state index in [0.717, 1.165) is 9.80 Å². The summed E-state index contributed by atoms with van der Waals surface area (Å²) in [6.07, 6.45) is 4.28. The molecule has 1 heterocycles. The molecule has 0 aromatic carbocycles. The Kier molecular flexibility index (Phi) is 31.4. The van der Waals surface area contributed by atoms with E-state index in [4.69, 9.17) is 0 Å². The molecule has 0 bridgehead atoms. The van der Waals surface area contributed by atoms with E-state index in [1.54, 1.807) is 67.5 Å². The first kappa shape index (κ1) is 77.6. The fourth-order valence-electron chi connectivity index (χ4n) is 10.7. The standard InChI is InChI=1S/C63H111N11O12/c1-26-27-28-41(16)53(76)52-57(80)67-49(38(10)11)61(84)68(19)33-48(75)69(20)44(29-34(2)3)56(79)66-50(39(12)13)62(85)70(21)45(30-35(4)5)55(78)64-42(17)54(77)65-43(18)58(81)71(22)46(31-36(6)7)59(82)72(23)47(32-37(8)9)60(83)73(24)51(40(14)15)63(86)74(52)25/h26-27,34-47,49-52H,28-33H2,1-25H3,(H,64,78)(H,65,77)(H,66,79)(H,67,80)/b27-26+/t41-,42+,43+,44+,45+,46+,47+,49+,50+,51+,52+/m1/s1. The van der Waals surface area contributed by atoms with Gasteiger partial charge in [-0.3, -0.25) is 57.5 Å². The summed E-state index contributed by atoms with van der Waals surface area (Å²) in [6.45, 7) is 30.8. The lowest BCUT2D eigenvalue weighted by Gasteiger charge is -2.41. The van der Waals surface area contributed by atoms with Crippen LogP contribution in [-0.2, 0) is 57.5 Å². The third-order valence-corrected chi connectivity index (χ3v) is 16.1. The zero-order valence-corrected chi connectivity index (χ0v) is 56.8. The van der Waals surface area contributed by atoms with Crippen molar-refractivity contribution in [2.45, 2.75) is 217 Å². The number of rotatable bonds is 15. The van der Waals surface area contributed by atoms with E-state index in [0.29, 0.717) is 0 Å². The minimum Gasteiger partial charge on any atom is -0.343 e. The van der Waals surface area contributed by atoms with Crippen LogP contribution >= 0.6 is 0 Å². The molecule has 23 heteroatoms. The molecule has 1 rings (SSSR count). The van der Waals surface area contributed by atoms with Gasteiger partial charge in [-0.15, -0.1) is 0 Å². The van der Waals surface area contributed by atoms with Crippen molar-refractivity contribution in [3.05, 3.63) is 12.2 Å². The molecular weight excluding hydrogens is 1100 g/mol. The molecule has 86 heavy (non-hydrogen) atoms. The lowest BCUT2D eigenvalue weighted by molar-refractivity contribution is -0.157. The fraction of sp³-hybridized carbons (Fsp3) is 0.778. The number of nitrogens with zero attached hydrogens (tertiary/aromatic N) is 7. The summed E-state index contributed by atoms with van der Waals surface area (Å²) in [4.78, 5) is 183. The summed E-state index contributed by atoms with van der Waals surface area (Å²) >= 11 is 0. The number of hydrogen-bond donors (Lipinski definition) is 4. The molecule has 23 nitrogen and oxygen atoms in total. The van der Waals surface area contributed by atoms with Crippen molar-refractivity contribution in [1.29, 1.82) is 0 Å². The minimum absolute atomic E-state index is 0.128. The van der Waals surface area contributed by atoms with Gasteiger partial charge in [0.05, 0.1) is 6.54 Å². The van der Waals surface area contributed by atoms with E-state index in [9.17, 15) is 47.9 Å². The molecule has 1 aliphatic rings. The molecule has 4 N–H and O–H groups in total. The van der Waals surface area contributed by atoms with E-state index in [1.165, 1.54) is 87.7 Å². The van der Waals surface area contributed by atoms with E-state index < -0.39 is 161 Å². The average Bonchev–Trinajstić information content (AvgIpc) is 2.16. The summed E-state index contributed by atoms with van der Waals surface area (Å²) in [5.41, 5.74) is 0. The molecule has 1 aliphatic heterocycles. The Hall–Kier alpha value is -6.42. The second-order valence-corrected chi connectivity index (χ2v) is 26.6. The number of hydrogen-bond acceptors (Lipinski definition) is 12. The maximum Gasteiger partial charge on any atom is 0.251 e. The van der Waals surface area contributed by atoms with Gasteiger partial charge in [-0.2, -0.15) is 0 Å². The van der Waals surface area contributed by atoms with Crippen molar-refractivity contribution in [2.24, 2.45) is 47.3 Å². The number of amides is 11. The van der Waals surface area contributed by atoms with Crippen LogP contribution in [0.2, 0.25) is 0 Å². The van der Waals surface area contributed by atoms with Gasteiger partial charge in [0.2, 0.25) is 59.1 Å². The van der Waals surface area contributed by atoms with Gasteiger partial charge in [-0.1, -0.05) is 116 Å². The molecule has 490 valence electrons. The number of ketones is 1. The summed E-state index contributed by atoms with van der Waals surface area (Å²) in [7, 11) is 9.80. The van der Waals surface area contributed by atoms with Crippen LogP contribution in [0.4, 0.5) is 0 Å². The van der Waals surface area contributed by atoms with Crippen LogP contribution in [0.3, 0.4) is 0 Å². The second kappa shape index (κ2) is 34.8. The smallest absolute Gasteiger partial charge is 0.251 e. The van der Waals surface area contributed by atoms with E-state index in [2.05, 4.69) is 21.3 Å². The van der Waals surface area contributed by atoms with Crippen LogP contribution in [0.15, 0.2) is 12.2 Å². The number of nitrogens with one attached hydrogen (secondary N) is 4. The highest BCUT2D eigenvalue weighted by Gasteiger charge is 2.46. The van der Waals surface area contributed by atoms with Crippen LogP contribution in [0.25, 0.3) is 0 Å². The summed E-state index contributed by atoms with van der Waals surface area (Å²) < 4.78 is 0. The van der Waals surface area contributed by atoms with Crippen molar-refractivity contribution >= 4 is 70.8 Å². The molecule has 0 unspecified atom stereocenters. The van der Waals surface area contributed by atoms with E-state index in [1.807, 2.05) is 55.4 Å². The SMILES string of the molecule is C/C=C/C[C@@H](C)C(=O)[C@H]1C(=O)N[C@@H](C(C)C)C(=O)N(C)CC(=O)N(C)[C@@H](CC(C)C)C(=O)N[C@@H](C(C)C)C(=O)N(C)[C@@H](CC(C)C)C(=O)N[C@@H](C)C(=O)N[C@@H](C)C(=O)N(C)[C@@H](CC(C)C)C(=O)N(C)[C@@H](CC(C)C)C(=O)N(C)[C@@H](C(C)C)C(=O)N1C. The molecule has 1 saturated heterocycles. The molecule has 0 aliphatic carbocycles. The number of carbonyl (C=O) groups excluding carboxylic acids is 12. The van der Waals surface area contributed by atoms with Crippen LogP contribution in [-0.4, -0.2) is 221 Å². The highest BCUT2D eigenvalue weighted by Crippen LogP contribution is 2.25. The number of likely N-dealkylation sites (N-methyl/N-ethyl adjacent to an activating group) is 7. The molecule has 11 atom stereocenters. The first-order valence-corrected chi connectivity index (χ1v) is 30.8. The van der Waals surface area contributed by atoms with Gasteiger partial charge in [0, 0.05) is 55.3 Å². The van der Waals surface area contributed by atoms with Gasteiger partial charge in [-0.25, -0.2) is 0 Å². The number of Topliss-reactive ketones (excluding diaryl/α,β-unsaturated/α-hetero) is 1. The first-order valence-electron chi connectivity index (χ1n) is 30.8. The second-order valence-electron chi connectivity index (χ2n) is 26.6. The third-order valence-electron chi connectivity index (χ3n) is 16.1. The molecule has 0 saturated carbocycles. The molecule has 0 aromatic heterocycles. The number of carbonyl (C=O) groups is 12. The van der Waals surface area contributed by atoms with E-state index in [-0.39, 0.29) is 55.8 Å². The van der Waals surface area contributed by atoms with Crippen LogP contribution in [0, 0.1) is 47.3 Å². The Morgan fingerprint density at radius 3 is 1.26 bits per heavy atom. The maximum absolute atomic E-state index is 15.2. The normalized spacial score (nSPS) is 26.4. The highest BCUT2D eigenvalue weighted by atomic mass is 16.2. The molecule has 1 fully saturated rings. The lowest BCUT2D eigenvalue weighted by Crippen LogP contribution is -2.63. The lowest BCUT2D eigenvalue weighted by atomic mass is 9.92. The molecule has 0 spiro atoms. The maximum atomic E-state index is 15.2. The zero-order valence-electron chi connectivity index (χ0n) is 56.8. The topological polar surface area (TPSA) is 276 Å². The highest BCUT2D eigenvalue weighted by molar-refractivity contribution is 6.10. The average molecular weight is 1210 g/mol. The van der Waals surface area contributed by atoms with Gasteiger partial charge >= 0.3 is 0 Å². The van der Waals surface area contributed by atoms with Gasteiger partial charge in [0.15, 0.2) is 11.8 Å². The Balaban J connectivity index is 4.37. The van der Waals surface area contributed by atoms with Crippen molar-refractivity contribution in [3.8, 4) is 0 Å². The Morgan fingerprint density at radius 2 is 0.814 bits per heavy atom. The molecule has 11 amide bonds. The zero-order chi connectivity index (χ0) is 66.8. The monoisotopic (exact) mass is 1210 g/mol. The van der Waals surface area contributed by atoms with Crippen LogP contribution in [0.1, 0.15) is 157 Å². The van der Waals surface area contributed by atoms with Crippen LogP contribution < -0.4 is 21.3 Å². The minimum atomic E-state index is -1.82. The van der Waals surface area contributed by atoms with Gasteiger partial charge < -0.3 is 55.6 Å². The van der Waals surface area contributed by atoms with Gasteiger partial charge in [-0.05, 0) is 94.3 Å². The van der Waals surface area contributed by atoms with Gasteiger partial charge in [0.25, 0.3) is 5.91 Å². The quantitative estimate of drug-likeness (QED) is 0.135.